The van der Waals surface area contributed by atoms with Gasteiger partial charge in [-0.2, -0.15) is 0 Å². The molecule has 0 atom stereocenters. The van der Waals surface area contributed by atoms with Crippen LogP contribution in [0.1, 0.15) is 44.1 Å². The van der Waals surface area contributed by atoms with Crippen molar-refractivity contribution < 1.29 is 9.47 Å². The van der Waals surface area contributed by atoms with E-state index in [9.17, 15) is 0 Å². The number of hydrogen-bond acceptors (Lipinski definition) is 4. The Labute approximate surface area is 138 Å². The molecule has 4 rings (SSSR count). The van der Waals surface area contributed by atoms with Gasteiger partial charge in [0.1, 0.15) is 0 Å². The SMILES string of the molecule is COc1cc2c(cc1OCCCN1CCCC1)N=CC21CCC1. The van der Waals surface area contributed by atoms with E-state index in [2.05, 4.69) is 28.2 Å². The topological polar surface area (TPSA) is 34.1 Å². The second-order valence-corrected chi connectivity index (χ2v) is 7.04. The summed E-state index contributed by atoms with van der Waals surface area (Å²) in [6.07, 6.45) is 9.61. The first kappa shape index (κ1) is 15.0. The van der Waals surface area contributed by atoms with Crippen LogP contribution in [0, 0.1) is 0 Å². The monoisotopic (exact) mass is 314 g/mol. The van der Waals surface area contributed by atoms with E-state index in [4.69, 9.17) is 9.47 Å². The summed E-state index contributed by atoms with van der Waals surface area (Å²) < 4.78 is 11.6. The van der Waals surface area contributed by atoms with E-state index in [1.165, 1.54) is 50.8 Å². The summed E-state index contributed by atoms with van der Waals surface area (Å²) in [5.74, 6) is 1.68. The molecule has 2 heterocycles. The average molecular weight is 314 g/mol. The van der Waals surface area contributed by atoms with Gasteiger partial charge in [0, 0.05) is 24.2 Å². The number of nitrogens with zero attached hydrogens (tertiary/aromatic N) is 2. The highest BCUT2D eigenvalue weighted by Gasteiger charge is 2.42. The van der Waals surface area contributed by atoms with Crippen molar-refractivity contribution in [2.45, 2.75) is 43.9 Å². The van der Waals surface area contributed by atoms with Gasteiger partial charge in [0.05, 0.1) is 19.4 Å². The average Bonchev–Trinajstić information content (AvgIpc) is 3.17. The smallest absolute Gasteiger partial charge is 0.163 e. The highest BCUT2D eigenvalue weighted by atomic mass is 16.5. The summed E-state index contributed by atoms with van der Waals surface area (Å²) >= 11 is 0. The van der Waals surface area contributed by atoms with Crippen molar-refractivity contribution in [1.82, 2.24) is 4.90 Å². The zero-order valence-electron chi connectivity index (χ0n) is 14.0. The van der Waals surface area contributed by atoms with Crippen molar-refractivity contribution in [1.29, 1.82) is 0 Å². The summed E-state index contributed by atoms with van der Waals surface area (Å²) in [6, 6.07) is 4.21. The fourth-order valence-electron chi connectivity index (χ4n) is 4.02. The first-order valence-electron chi connectivity index (χ1n) is 8.94. The van der Waals surface area contributed by atoms with Crippen LogP contribution in [-0.4, -0.2) is 44.5 Å². The van der Waals surface area contributed by atoms with Gasteiger partial charge in [-0.15, -0.1) is 0 Å². The van der Waals surface area contributed by atoms with Crippen molar-refractivity contribution in [3.8, 4) is 11.5 Å². The molecule has 4 heteroatoms. The van der Waals surface area contributed by atoms with Crippen LogP contribution in [0.4, 0.5) is 5.69 Å². The van der Waals surface area contributed by atoms with E-state index < -0.39 is 0 Å². The Hall–Kier alpha value is -1.55. The Balaban J connectivity index is 1.41. The summed E-state index contributed by atoms with van der Waals surface area (Å²) in [7, 11) is 1.72. The zero-order chi connectivity index (χ0) is 15.7. The second-order valence-electron chi connectivity index (χ2n) is 7.04. The molecule has 1 aromatic rings. The Morgan fingerprint density at radius 3 is 2.65 bits per heavy atom. The first-order valence-corrected chi connectivity index (χ1v) is 8.94. The lowest BCUT2D eigenvalue weighted by atomic mass is 9.66. The van der Waals surface area contributed by atoms with Crippen LogP contribution < -0.4 is 9.47 Å². The quantitative estimate of drug-likeness (QED) is 0.751. The standard InChI is InChI=1S/C19H26N2O2/c1-22-17-12-15-16(20-14-19(15)6-4-7-19)13-18(17)23-11-5-10-21-8-2-3-9-21/h12-14H,2-11H2,1H3. The third kappa shape index (κ3) is 2.74. The molecule has 0 bridgehead atoms. The lowest BCUT2D eigenvalue weighted by molar-refractivity contribution is 0.254. The molecule has 1 spiro atoms. The summed E-state index contributed by atoms with van der Waals surface area (Å²) in [5.41, 5.74) is 2.58. The molecule has 0 amide bonds. The minimum atomic E-state index is 0.191. The molecule has 1 aliphatic carbocycles. The maximum Gasteiger partial charge on any atom is 0.163 e. The minimum absolute atomic E-state index is 0.191. The molecule has 1 aromatic carbocycles. The van der Waals surface area contributed by atoms with Crippen LogP contribution in [-0.2, 0) is 5.41 Å². The van der Waals surface area contributed by atoms with Gasteiger partial charge in [0.2, 0.25) is 0 Å². The van der Waals surface area contributed by atoms with Crippen molar-refractivity contribution in [2.75, 3.05) is 33.4 Å². The van der Waals surface area contributed by atoms with Crippen LogP contribution in [0.3, 0.4) is 0 Å². The van der Waals surface area contributed by atoms with Gasteiger partial charge in [-0.1, -0.05) is 6.42 Å². The van der Waals surface area contributed by atoms with Crippen LogP contribution in [0.25, 0.3) is 0 Å². The lowest BCUT2D eigenvalue weighted by Crippen LogP contribution is -2.33. The highest BCUT2D eigenvalue weighted by Crippen LogP contribution is 2.52. The molecule has 3 aliphatic rings. The molecule has 0 unspecified atom stereocenters. The number of hydrogen-bond donors (Lipinski definition) is 0. The third-order valence-corrected chi connectivity index (χ3v) is 5.59. The third-order valence-electron chi connectivity index (χ3n) is 5.59. The molecule has 23 heavy (non-hydrogen) atoms. The molecule has 124 valence electrons. The predicted molar refractivity (Wildman–Crippen MR) is 92.5 cm³/mol. The van der Waals surface area contributed by atoms with E-state index in [1.807, 2.05) is 0 Å². The first-order chi connectivity index (χ1) is 11.3. The van der Waals surface area contributed by atoms with Gasteiger partial charge in [-0.05, 0) is 56.8 Å². The molecular weight excluding hydrogens is 288 g/mol. The van der Waals surface area contributed by atoms with E-state index in [0.29, 0.717) is 0 Å². The van der Waals surface area contributed by atoms with Gasteiger partial charge < -0.3 is 14.4 Å². The van der Waals surface area contributed by atoms with E-state index in [0.717, 1.165) is 36.8 Å². The van der Waals surface area contributed by atoms with Crippen LogP contribution in [0.15, 0.2) is 17.1 Å². The lowest BCUT2D eigenvalue weighted by Gasteiger charge is -2.36. The van der Waals surface area contributed by atoms with Crippen molar-refractivity contribution in [3.05, 3.63) is 17.7 Å². The maximum atomic E-state index is 6.01. The normalized spacial score (nSPS) is 21.4. The van der Waals surface area contributed by atoms with Crippen LogP contribution >= 0.6 is 0 Å². The fourth-order valence-corrected chi connectivity index (χ4v) is 4.02. The zero-order valence-corrected chi connectivity index (χ0v) is 14.0. The molecule has 2 aliphatic heterocycles. The number of fused-ring (bicyclic) bond motifs is 2. The maximum absolute atomic E-state index is 6.01. The Morgan fingerprint density at radius 2 is 1.96 bits per heavy atom. The number of aliphatic imine (C=N–C) groups is 1. The molecule has 0 radical (unpaired) electrons. The summed E-state index contributed by atoms with van der Waals surface area (Å²) in [5, 5.41) is 0. The summed E-state index contributed by atoms with van der Waals surface area (Å²) in [4.78, 5) is 7.15. The molecule has 4 nitrogen and oxygen atoms in total. The van der Waals surface area contributed by atoms with Crippen molar-refractivity contribution in [3.63, 3.8) is 0 Å². The molecule has 1 saturated heterocycles. The largest absolute Gasteiger partial charge is 0.493 e. The number of ether oxygens (including phenoxy) is 2. The molecule has 0 N–H and O–H groups in total. The second kappa shape index (κ2) is 6.16. The van der Waals surface area contributed by atoms with Gasteiger partial charge >= 0.3 is 0 Å². The van der Waals surface area contributed by atoms with Gasteiger partial charge in [0.25, 0.3) is 0 Å². The molecular formula is C19H26N2O2. The fraction of sp³-hybridized carbons (Fsp3) is 0.632. The Morgan fingerprint density at radius 1 is 1.13 bits per heavy atom. The summed E-state index contributed by atoms with van der Waals surface area (Å²) in [6.45, 7) is 4.37. The van der Waals surface area contributed by atoms with Crippen molar-refractivity contribution >= 4 is 11.9 Å². The Kier molecular flexibility index (Phi) is 4.02. The number of methoxy groups -OCH3 is 1. The number of benzene rings is 1. The van der Waals surface area contributed by atoms with Crippen LogP contribution in [0.2, 0.25) is 0 Å². The van der Waals surface area contributed by atoms with Gasteiger partial charge in [-0.3, -0.25) is 4.99 Å². The minimum Gasteiger partial charge on any atom is -0.493 e. The van der Waals surface area contributed by atoms with E-state index in [1.54, 1.807) is 7.11 Å². The number of likely N-dealkylation sites (tertiary alicyclic amines) is 1. The highest BCUT2D eigenvalue weighted by molar-refractivity contribution is 5.87. The Bertz CT molecular complexity index is 602. The van der Waals surface area contributed by atoms with Crippen molar-refractivity contribution in [2.24, 2.45) is 4.99 Å². The van der Waals surface area contributed by atoms with Gasteiger partial charge in [-0.25, -0.2) is 0 Å². The van der Waals surface area contributed by atoms with Gasteiger partial charge in [0.15, 0.2) is 11.5 Å². The van der Waals surface area contributed by atoms with E-state index >= 15 is 0 Å². The molecule has 1 saturated carbocycles. The molecule has 0 aromatic heterocycles. The molecule has 2 fully saturated rings. The van der Waals surface area contributed by atoms with E-state index in [-0.39, 0.29) is 5.41 Å². The number of rotatable bonds is 6. The van der Waals surface area contributed by atoms with Crippen LogP contribution in [0.5, 0.6) is 11.5 Å². The predicted octanol–water partition coefficient (Wildman–Crippen LogP) is 3.70.